The van der Waals surface area contributed by atoms with Crippen molar-refractivity contribution in [1.29, 1.82) is 0 Å². The van der Waals surface area contributed by atoms with Crippen molar-refractivity contribution in [2.45, 2.75) is 32.4 Å². The first-order valence-electron chi connectivity index (χ1n) is 7.27. The quantitative estimate of drug-likeness (QED) is 0.761. The Labute approximate surface area is 125 Å². The van der Waals surface area contributed by atoms with E-state index in [-0.39, 0.29) is 18.6 Å². The van der Waals surface area contributed by atoms with E-state index < -0.39 is 0 Å². The second-order valence-electron chi connectivity index (χ2n) is 5.47. The van der Waals surface area contributed by atoms with Crippen LogP contribution >= 0.6 is 0 Å². The lowest BCUT2D eigenvalue weighted by Crippen LogP contribution is -2.23. The van der Waals surface area contributed by atoms with Crippen molar-refractivity contribution in [2.24, 2.45) is 11.7 Å². The van der Waals surface area contributed by atoms with Gasteiger partial charge in [0, 0.05) is 5.56 Å². The van der Waals surface area contributed by atoms with E-state index in [2.05, 4.69) is 24.0 Å². The highest BCUT2D eigenvalue weighted by atomic mass is 16.3. The van der Waals surface area contributed by atoms with Crippen LogP contribution in [0, 0.1) is 5.92 Å². The lowest BCUT2D eigenvalue weighted by molar-refractivity contribution is 0.277. The van der Waals surface area contributed by atoms with Crippen LogP contribution < -0.4 is 11.5 Å². The Balaban J connectivity index is 2.05. The highest BCUT2D eigenvalue weighted by Crippen LogP contribution is 2.25. The van der Waals surface area contributed by atoms with Crippen molar-refractivity contribution in [3.8, 4) is 0 Å². The molecule has 0 bridgehead atoms. The summed E-state index contributed by atoms with van der Waals surface area (Å²) in [5.41, 5.74) is 14.8. The average molecular weight is 285 g/mol. The van der Waals surface area contributed by atoms with Gasteiger partial charge in [-0.3, -0.25) is 0 Å². The molecule has 0 fully saturated rings. The van der Waals surface area contributed by atoms with Crippen molar-refractivity contribution in [3.63, 3.8) is 0 Å². The monoisotopic (exact) mass is 285 g/mol. The summed E-state index contributed by atoms with van der Waals surface area (Å²) in [6.07, 6.45) is 1.94. The van der Waals surface area contributed by atoms with E-state index in [0.29, 0.717) is 11.5 Å². The summed E-state index contributed by atoms with van der Waals surface area (Å²) >= 11 is 0. The van der Waals surface area contributed by atoms with Crippen LogP contribution in [0.5, 0.6) is 0 Å². The average Bonchev–Trinajstić information content (AvgIpc) is 2.52. The number of aryl methyl sites for hydroxylation is 1. The minimum atomic E-state index is -0.223. The smallest absolute Gasteiger partial charge is 0.123 e. The van der Waals surface area contributed by atoms with Gasteiger partial charge >= 0.3 is 0 Å². The third-order valence-electron chi connectivity index (χ3n) is 3.86. The fourth-order valence-electron chi connectivity index (χ4n) is 2.43. The normalized spacial score (nSPS) is 13.9. The van der Waals surface area contributed by atoms with Crippen molar-refractivity contribution >= 4 is 5.82 Å². The van der Waals surface area contributed by atoms with Gasteiger partial charge in [-0.15, -0.1) is 0 Å². The van der Waals surface area contributed by atoms with Gasteiger partial charge in [-0.05, 0) is 30.4 Å². The van der Waals surface area contributed by atoms with Gasteiger partial charge in [-0.25, -0.2) is 4.98 Å². The van der Waals surface area contributed by atoms with E-state index in [9.17, 15) is 5.11 Å². The van der Waals surface area contributed by atoms with E-state index >= 15 is 0 Å². The zero-order valence-electron chi connectivity index (χ0n) is 12.4. The molecular weight excluding hydrogens is 262 g/mol. The Morgan fingerprint density at radius 3 is 2.52 bits per heavy atom. The molecule has 2 rings (SSSR count). The van der Waals surface area contributed by atoms with E-state index in [0.717, 1.165) is 18.4 Å². The Morgan fingerprint density at radius 1 is 1.14 bits per heavy atom. The Hall–Kier alpha value is -1.91. The molecule has 0 saturated heterocycles. The van der Waals surface area contributed by atoms with Crippen molar-refractivity contribution < 1.29 is 5.11 Å². The minimum absolute atomic E-state index is 0.0677. The molecule has 1 aromatic carbocycles. The number of hydrogen-bond acceptors (Lipinski definition) is 4. The molecule has 0 aliphatic heterocycles. The molecule has 1 aromatic heterocycles. The largest absolute Gasteiger partial charge is 0.392 e. The summed E-state index contributed by atoms with van der Waals surface area (Å²) in [5.74, 6) is 0.692. The maximum atomic E-state index is 9.41. The zero-order chi connectivity index (χ0) is 15.2. The molecule has 1 heterocycles. The SMILES string of the molecule is CC(CCc1ccccc1)C(N)c1nc(N)ccc1CO. The Kier molecular flexibility index (Phi) is 5.31. The van der Waals surface area contributed by atoms with E-state index in [1.807, 2.05) is 18.2 Å². The second-order valence-corrected chi connectivity index (χ2v) is 5.47. The number of benzene rings is 1. The van der Waals surface area contributed by atoms with Gasteiger partial charge in [0.05, 0.1) is 18.3 Å². The molecule has 4 nitrogen and oxygen atoms in total. The Morgan fingerprint density at radius 2 is 1.86 bits per heavy atom. The van der Waals surface area contributed by atoms with Gasteiger partial charge in [-0.1, -0.05) is 43.3 Å². The number of hydrogen-bond donors (Lipinski definition) is 3. The fraction of sp³-hybridized carbons (Fsp3) is 0.353. The van der Waals surface area contributed by atoms with Crippen LogP contribution in [-0.2, 0) is 13.0 Å². The summed E-state index contributed by atoms with van der Waals surface area (Å²) in [5, 5.41) is 9.41. The van der Waals surface area contributed by atoms with Crippen LogP contribution in [0.4, 0.5) is 5.82 Å². The predicted octanol–water partition coefficient (Wildman–Crippen LogP) is 2.42. The second kappa shape index (κ2) is 7.20. The molecule has 0 spiro atoms. The zero-order valence-corrected chi connectivity index (χ0v) is 12.4. The lowest BCUT2D eigenvalue weighted by atomic mass is 9.91. The number of nitrogens with two attached hydrogens (primary N) is 2. The van der Waals surface area contributed by atoms with Crippen LogP contribution in [0.3, 0.4) is 0 Å². The number of aliphatic hydroxyl groups is 1. The van der Waals surface area contributed by atoms with Crippen LogP contribution in [0.1, 0.15) is 36.2 Å². The van der Waals surface area contributed by atoms with Crippen LogP contribution in [0.2, 0.25) is 0 Å². The van der Waals surface area contributed by atoms with Gasteiger partial charge in [0.2, 0.25) is 0 Å². The van der Waals surface area contributed by atoms with Gasteiger partial charge in [-0.2, -0.15) is 0 Å². The first kappa shape index (κ1) is 15.5. The molecule has 112 valence electrons. The van der Waals surface area contributed by atoms with Crippen LogP contribution in [0.25, 0.3) is 0 Å². The number of anilines is 1. The molecule has 2 aromatic rings. The number of nitrogens with zero attached hydrogens (tertiary/aromatic N) is 1. The predicted molar refractivity (Wildman–Crippen MR) is 85.4 cm³/mol. The number of pyridine rings is 1. The summed E-state index contributed by atoms with van der Waals surface area (Å²) in [4.78, 5) is 4.31. The van der Waals surface area contributed by atoms with Crippen LogP contribution in [-0.4, -0.2) is 10.1 Å². The Bertz CT molecular complexity index is 572. The fourth-order valence-corrected chi connectivity index (χ4v) is 2.43. The summed E-state index contributed by atoms with van der Waals surface area (Å²) in [6.45, 7) is 2.04. The van der Waals surface area contributed by atoms with Crippen molar-refractivity contribution in [2.75, 3.05) is 5.73 Å². The summed E-state index contributed by atoms with van der Waals surface area (Å²) < 4.78 is 0. The minimum Gasteiger partial charge on any atom is -0.392 e. The van der Waals surface area contributed by atoms with E-state index in [1.54, 1.807) is 12.1 Å². The maximum absolute atomic E-state index is 9.41. The van der Waals surface area contributed by atoms with Gasteiger partial charge in [0.15, 0.2) is 0 Å². The number of aromatic nitrogens is 1. The molecule has 21 heavy (non-hydrogen) atoms. The molecular formula is C17H23N3O. The number of rotatable bonds is 6. The molecule has 0 aliphatic rings. The number of nitrogen functional groups attached to an aromatic ring is 1. The molecule has 4 heteroatoms. The first-order chi connectivity index (χ1) is 10.1. The molecule has 5 N–H and O–H groups in total. The molecule has 0 radical (unpaired) electrons. The third-order valence-corrected chi connectivity index (χ3v) is 3.86. The molecule has 0 saturated carbocycles. The molecule has 2 unspecified atom stereocenters. The highest BCUT2D eigenvalue weighted by Gasteiger charge is 2.19. The van der Waals surface area contributed by atoms with E-state index in [4.69, 9.17) is 11.5 Å². The lowest BCUT2D eigenvalue weighted by Gasteiger charge is -2.21. The molecule has 0 aliphatic carbocycles. The topological polar surface area (TPSA) is 85.2 Å². The van der Waals surface area contributed by atoms with Gasteiger partial charge in [0.1, 0.15) is 5.82 Å². The molecule has 0 amide bonds. The highest BCUT2D eigenvalue weighted by molar-refractivity contribution is 5.35. The molecule has 2 atom stereocenters. The van der Waals surface area contributed by atoms with E-state index in [1.165, 1.54) is 5.56 Å². The van der Waals surface area contributed by atoms with Gasteiger partial charge < -0.3 is 16.6 Å². The summed E-state index contributed by atoms with van der Waals surface area (Å²) in [7, 11) is 0. The third kappa shape index (κ3) is 4.03. The summed E-state index contributed by atoms with van der Waals surface area (Å²) in [6, 6.07) is 13.6. The van der Waals surface area contributed by atoms with Crippen LogP contribution in [0.15, 0.2) is 42.5 Å². The first-order valence-corrected chi connectivity index (χ1v) is 7.27. The van der Waals surface area contributed by atoms with Crippen molar-refractivity contribution in [1.82, 2.24) is 4.98 Å². The standard InChI is InChI=1S/C17H23N3O/c1-12(7-8-13-5-3-2-4-6-13)16(19)17-14(11-21)9-10-15(18)20-17/h2-6,9-10,12,16,21H,7-8,11,19H2,1H3,(H2,18,20). The number of aliphatic hydroxyl groups excluding tert-OH is 1. The van der Waals surface area contributed by atoms with Gasteiger partial charge in [0.25, 0.3) is 0 Å². The van der Waals surface area contributed by atoms with Crippen molar-refractivity contribution in [3.05, 3.63) is 59.3 Å². The maximum Gasteiger partial charge on any atom is 0.123 e.